The summed E-state index contributed by atoms with van der Waals surface area (Å²) in [7, 11) is 0. The summed E-state index contributed by atoms with van der Waals surface area (Å²) in [4.78, 5) is 7.76. The fraction of sp³-hybridized carbons (Fsp3) is 0.375. The highest BCUT2D eigenvalue weighted by molar-refractivity contribution is 9.10. The molecule has 1 aromatic heterocycles. The molecule has 0 saturated heterocycles. The predicted molar refractivity (Wildman–Crippen MR) is 88.5 cm³/mol. The second kappa shape index (κ2) is 5.97. The molecule has 3 rings (SSSR count). The van der Waals surface area contributed by atoms with Gasteiger partial charge in [-0.05, 0) is 47.3 Å². The Bertz CT molecular complexity index is 736. The number of aromatic nitrogens is 2. The molecule has 2 nitrogen and oxygen atoms in total. The van der Waals surface area contributed by atoms with Crippen LogP contribution in [-0.4, -0.2) is 9.97 Å². The summed E-state index contributed by atoms with van der Waals surface area (Å²) in [5, 5.41) is 0. The Balaban J connectivity index is 2.10. The molecule has 5 heteroatoms. The molecule has 0 spiro atoms. The van der Waals surface area contributed by atoms with Crippen molar-refractivity contribution >= 4 is 28.1 Å². The first kappa shape index (κ1) is 14.9. The Morgan fingerprint density at radius 1 is 1.33 bits per heavy atom. The molecule has 0 bridgehead atoms. The number of rotatable bonds is 2. The summed E-state index contributed by atoms with van der Waals surface area (Å²) in [6.45, 7) is 1.75. The van der Waals surface area contributed by atoms with Gasteiger partial charge in [0, 0.05) is 17.2 Å². The Hall–Kier alpha value is -1.07. The van der Waals surface area contributed by atoms with Gasteiger partial charge in [0.2, 0.25) is 0 Å². The summed E-state index contributed by atoms with van der Waals surface area (Å²) < 4.78 is 15.2. The Morgan fingerprint density at radius 2 is 2.05 bits per heavy atom. The van der Waals surface area contributed by atoms with Crippen LogP contribution in [0.5, 0.6) is 0 Å². The normalized spacial score (nSPS) is 15.6. The Labute approximate surface area is 137 Å². The van der Waals surface area contributed by atoms with Crippen molar-refractivity contribution in [2.75, 3.05) is 0 Å². The lowest BCUT2D eigenvalue weighted by Crippen LogP contribution is -2.03. The number of aromatic amines is 1. The number of nitrogens with zero attached hydrogens (tertiary/aromatic N) is 1. The zero-order valence-electron chi connectivity index (χ0n) is 11.7. The Morgan fingerprint density at radius 3 is 2.71 bits per heavy atom. The molecule has 1 saturated carbocycles. The van der Waals surface area contributed by atoms with Gasteiger partial charge in [0.05, 0.1) is 4.47 Å². The van der Waals surface area contributed by atoms with Crippen LogP contribution in [0.1, 0.15) is 42.9 Å². The van der Waals surface area contributed by atoms with Crippen LogP contribution in [0.25, 0.3) is 11.4 Å². The molecule has 1 aromatic carbocycles. The average molecular weight is 367 g/mol. The summed E-state index contributed by atoms with van der Waals surface area (Å²) in [5.74, 6) is 0.904. The molecule has 1 heterocycles. The monoisotopic (exact) mass is 366 g/mol. The van der Waals surface area contributed by atoms with Crippen LogP contribution in [0, 0.1) is 17.4 Å². The van der Waals surface area contributed by atoms with E-state index in [-0.39, 0.29) is 5.82 Å². The zero-order valence-corrected chi connectivity index (χ0v) is 14.2. The summed E-state index contributed by atoms with van der Waals surface area (Å²) >= 11 is 8.90. The minimum absolute atomic E-state index is 0.223. The van der Waals surface area contributed by atoms with E-state index in [4.69, 9.17) is 12.2 Å². The van der Waals surface area contributed by atoms with Crippen molar-refractivity contribution in [2.45, 2.75) is 38.5 Å². The molecule has 1 aliphatic rings. The minimum atomic E-state index is -0.223. The third kappa shape index (κ3) is 2.94. The van der Waals surface area contributed by atoms with Crippen LogP contribution in [0.2, 0.25) is 0 Å². The molecular weight excluding hydrogens is 351 g/mol. The van der Waals surface area contributed by atoms with Crippen molar-refractivity contribution in [1.82, 2.24) is 9.97 Å². The van der Waals surface area contributed by atoms with Gasteiger partial charge >= 0.3 is 0 Å². The molecule has 1 N–H and O–H groups in total. The average Bonchev–Trinajstić information content (AvgIpc) is 2.98. The number of hydrogen-bond donors (Lipinski definition) is 1. The molecule has 1 fully saturated rings. The van der Waals surface area contributed by atoms with Crippen molar-refractivity contribution in [3.05, 3.63) is 44.4 Å². The van der Waals surface area contributed by atoms with Crippen molar-refractivity contribution < 1.29 is 4.39 Å². The third-order valence-corrected chi connectivity index (χ3v) is 5.46. The highest BCUT2D eigenvalue weighted by atomic mass is 79.9. The van der Waals surface area contributed by atoms with E-state index in [1.807, 2.05) is 6.07 Å². The maximum Gasteiger partial charge on any atom is 0.144 e. The second-order valence-corrected chi connectivity index (χ2v) is 6.74. The van der Waals surface area contributed by atoms with E-state index in [0.717, 1.165) is 28.6 Å². The summed E-state index contributed by atoms with van der Waals surface area (Å²) in [6, 6.07) is 5.15. The molecule has 0 radical (unpaired) electrons. The number of hydrogen-bond acceptors (Lipinski definition) is 2. The number of H-pyrrole nitrogens is 1. The lowest BCUT2D eigenvalue weighted by atomic mass is 10.0. The lowest BCUT2D eigenvalue weighted by molar-refractivity contribution is 0.618. The summed E-state index contributed by atoms with van der Waals surface area (Å²) in [5.41, 5.74) is 2.46. The van der Waals surface area contributed by atoms with Gasteiger partial charge in [0.15, 0.2) is 0 Å². The van der Waals surface area contributed by atoms with Gasteiger partial charge in [-0.3, -0.25) is 0 Å². The molecule has 110 valence electrons. The van der Waals surface area contributed by atoms with Crippen LogP contribution < -0.4 is 0 Å². The van der Waals surface area contributed by atoms with Gasteiger partial charge in [-0.2, -0.15) is 0 Å². The molecule has 0 atom stereocenters. The van der Waals surface area contributed by atoms with Gasteiger partial charge in [-0.15, -0.1) is 0 Å². The van der Waals surface area contributed by atoms with Crippen LogP contribution in [-0.2, 0) is 0 Å². The number of nitrogens with one attached hydrogen (secondary N) is 1. The predicted octanol–water partition coefficient (Wildman–Crippen LogP) is 5.67. The maximum absolute atomic E-state index is 13.8. The fourth-order valence-electron chi connectivity index (χ4n) is 2.85. The third-order valence-electron chi connectivity index (χ3n) is 4.10. The fourth-order valence-corrected chi connectivity index (χ4v) is 3.56. The Kier molecular flexibility index (Phi) is 4.22. The highest BCUT2D eigenvalue weighted by Crippen LogP contribution is 2.37. The van der Waals surface area contributed by atoms with Crippen LogP contribution in [0.15, 0.2) is 22.7 Å². The van der Waals surface area contributed by atoms with E-state index in [2.05, 4.69) is 25.9 Å². The van der Waals surface area contributed by atoms with Gasteiger partial charge < -0.3 is 4.98 Å². The van der Waals surface area contributed by atoms with Gasteiger partial charge in [0.1, 0.15) is 16.3 Å². The van der Waals surface area contributed by atoms with E-state index in [1.54, 1.807) is 13.0 Å². The molecular formula is C16H16BrFN2S. The first-order valence-corrected chi connectivity index (χ1v) is 8.32. The SMILES string of the molecule is Cc1ccc(-c2nc(=S)c(Br)c(C3CCCC3)[nH]2)cc1F. The van der Waals surface area contributed by atoms with Gasteiger partial charge in [0.25, 0.3) is 0 Å². The maximum atomic E-state index is 13.8. The van der Waals surface area contributed by atoms with E-state index in [1.165, 1.54) is 18.9 Å². The van der Waals surface area contributed by atoms with E-state index >= 15 is 0 Å². The van der Waals surface area contributed by atoms with Gasteiger partial charge in [-0.1, -0.05) is 37.2 Å². The molecule has 0 amide bonds. The zero-order chi connectivity index (χ0) is 15.0. The molecule has 0 unspecified atom stereocenters. The summed E-state index contributed by atoms with van der Waals surface area (Å²) in [6.07, 6.45) is 4.81. The van der Waals surface area contributed by atoms with Crippen molar-refractivity contribution in [3.63, 3.8) is 0 Å². The van der Waals surface area contributed by atoms with E-state index < -0.39 is 0 Å². The largest absolute Gasteiger partial charge is 0.342 e. The van der Waals surface area contributed by atoms with Crippen LogP contribution >= 0.6 is 28.1 Å². The van der Waals surface area contributed by atoms with Crippen molar-refractivity contribution in [3.8, 4) is 11.4 Å². The molecule has 2 aromatic rings. The topological polar surface area (TPSA) is 28.7 Å². The quantitative estimate of drug-likeness (QED) is 0.693. The number of halogens is 2. The number of benzene rings is 1. The van der Waals surface area contributed by atoms with Gasteiger partial charge in [-0.25, -0.2) is 9.37 Å². The number of aryl methyl sites for hydroxylation is 1. The van der Waals surface area contributed by atoms with Crippen LogP contribution in [0.3, 0.4) is 0 Å². The smallest absolute Gasteiger partial charge is 0.144 e. The van der Waals surface area contributed by atoms with Crippen molar-refractivity contribution in [1.29, 1.82) is 0 Å². The highest BCUT2D eigenvalue weighted by Gasteiger charge is 2.22. The first-order chi connectivity index (χ1) is 10.1. The minimum Gasteiger partial charge on any atom is -0.342 e. The molecule has 1 aliphatic carbocycles. The molecule has 0 aliphatic heterocycles. The van der Waals surface area contributed by atoms with Crippen molar-refractivity contribution in [2.24, 2.45) is 0 Å². The standard InChI is InChI=1S/C16H16BrFN2S/c1-9-6-7-11(8-12(9)18)15-19-14(10-4-2-3-5-10)13(17)16(21)20-15/h6-8,10H,2-5H2,1H3,(H,19,20,21). The van der Waals surface area contributed by atoms with E-state index in [0.29, 0.717) is 21.9 Å². The first-order valence-electron chi connectivity index (χ1n) is 7.12. The molecule has 21 heavy (non-hydrogen) atoms. The van der Waals surface area contributed by atoms with E-state index in [9.17, 15) is 4.39 Å². The lowest BCUT2D eigenvalue weighted by Gasteiger charge is -2.14. The van der Waals surface area contributed by atoms with Crippen LogP contribution in [0.4, 0.5) is 4.39 Å². The second-order valence-electron chi connectivity index (χ2n) is 5.56.